The third-order valence-electron chi connectivity index (χ3n) is 1.10. The molecule has 0 saturated heterocycles. The van der Waals surface area contributed by atoms with Crippen LogP contribution in [0.15, 0.2) is 0 Å². The first-order chi connectivity index (χ1) is 6.38. The molecule has 0 aliphatic heterocycles. The molecule has 0 aliphatic rings. The summed E-state index contributed by atoms with van der Waals surface area (Å²) in [4.78, 5) is 20.7. The van der Waals surface area contributed by atoms with Gasteiger partial charge in [-0.3, -0.25) is 9.59 Å². The maximum Gasteiger partial charge on any atom is 0.450 e. The average Bonchev–Trinajstić information content (AvgIpc) is 2.03. The van der Waals surface area contributed by atoms with E-state index in [1.54, 1.807) is 6.07 Å². The van der Waals surface area contributed by atoms with Crippen molar-refractivity contribution in [3.05, 3.63) is 0 Å². The Morgan fingerprint density at radius 1 is 1.36 bits per heavy atom. The summed E-state index contributed by atoms with van der Waals surface area (Å²) < 4.78 is 38.9. The molecule has 0 aromatic heterocycles. The molecular weight excluding hydrogens is 203 g/mol. The third-order valence-corrected chi connectivity index (χ3v) is 1.10. The normalized spacial score (nSPS) is 10.4. The van der Waals surface area contributed by atoms with Crippen LogP contribution in [0.2, 0.25) is 0 Å². The number of rotatable bonds is 4. The zero-order valence-electron chi connectivity index (χ0n) is 6.93. The number of esters is 1. The number of carbonyl (C=O) groups excluding carboxylic acids is 2. The lowest BCUT2D eigenvalue weighted by atomic mass is 10.3. The molecule has 0 heterocycles. The molecule has 7 heteroatoms. The first-order valence-corrected chi connectivity index (χ1v) is 3.50. The van der Waals surface area contributed by atoms with Crippen LogP contribution < -0.4 is 0 Å². The molecule has 14 heavy (non-hydrogen) atoms. The second kappa shape index (κ2) is 5.21. The Kier molecular flexibility index (Phi) is 4.63. The van der Waals surface area contributed by atoms with Crippen LogP contribution in [0.3, 0.4) is 0 Å². The Morgan fingerprint density at radius 2 is 1.93 bits per heavy atom. The fourth-order valence-electron chi connectivity index (χ4n) is 0.493. The molecule has 0 N–H and O–H groups in total. The molecule has 0 unspecified atom stereocenters. The second-order valence-electron chi connectivity index (χ2n) is 2.23. The van der Waals surface area contributed by atoms with E-state index in [0.717, 1.165) is 0 Å². The Hall–Kier alpha value is -1.58. The number of hydrogen-bond donors (Lipinski definition) is 0. The van der Waals surface area contributed by atoms with Gasteiger partial charge in [0.1, 0.15) is 13.0 Å². The topological polar surface area (TPSA) is 67.2 Å². The third kappa shape index (κ3) is 5.13. The van der Waals surface area contributed by atoms with Crippen LogP contribution in [0.25, 0.3) is 0 Å². The van der Waals surface area contributed by atoms with Gasteiger partial charge in [-0.1, -0.05) is 0 Å². The minimum Gasteiger partial charge on any atom is -0.464 e. The van der Waals surface area contributed by atoms with E-state index >= 15 is 0 Å². The van der Waals surface area contributed by atoms with Crippen LogP contribution in [-0.2, 0) is 14.3 Å². The summed E-state index contributed by atoms with van der Waals surface area (Å²) in [6.45, 7) is -0.305. The number of ether oxygens (including phenoxy) is 1. The molecule has 0 amide bonds. The number of Topliss-reactive ketones (excluding diaryl/α,β-unsaturated/α-hetero) is 1. The monoisotopic (exact) mass is 209 g/mol. The fraction of sp³-hybridized carbons (Fsp3) is 0.571. The van der Waals surface area contributed by atoms with Crippen molar-refractivity contribution in [3.63, 3.8) is 0 Å². The van der Waals surface area contributed by atoms with Gasteiger partial charge < -0.3 is 4.74 Å². The molecule has 0 fully saturated rings. The molecule has 0 aliphatic carbocycles. The number of carbonyl (C=O) groups is 2. The van der Waals surface area contributed by atoms with Crippen molar-refractivity contribution in [1.82, 2.24) is 0 Å². The summed E-state index contributed by atoms with van der Waals surface area (Å²) in [6, 6.07) is 1.62. The van der Waals surface area contributed by atoms with E-state index in [4.69, 9.17) is 5.26 Å². The maximum atomic E-state index is 11.6. The number of ketones is 1. The van der Waals surface area contributed by atoms with Gasteiger partial charge in [0, 0.05) is 0 Å². The van der Waals surface area contributed by atoms with E-state index < -0.39 is 24.3 Å². The summed E-state index contributed by atoms with van der Waals surface area (Å²) >= 11 is 0. The predicted molar refractivity (Wildman–Crippen MR) is 36.9 cm³/mol. The number of alkyl halides is 3. The minimum absolute atomic E-state index is 0.119. The molecule has 78 valence electrons. The van der Waals surface area contributed by atoms with Crippen molar-refractivity contribution in [2.24, 2.45) is 0 Å². The highest BCUT2D eigenvalue weighted by Crippen LogP contribution is 2.17. The lowest BCUT2D eigenvalue weighted by molar-refractivity contribution is -0.174. The van der Waals surface area contributed by atoms with Crippen molar-refractivity contribution in [2.75, 3.05) is 6.61 Å². The minimum atomic E-state index is -5.02. The molecule has 0 saturated carbocycles. The largest absolute Gasteiger partial charge is 0.464 e. The molecule has 0 bridgehead atoms. The van der Waals surface area contributed by atoms with Gasteiger partial charge in [-0.2, -0.15) is 18.4 Å². The lowest BCUT2D eigenvalue weighted by Gasteiger charge is -2.04. The summed E-state index contributed by atoms with van der Waals surface area (Å²) in [5, 5.41) is 8.00. The summed E-state index contributed by atoms with van der Waals surface area (Å²) in [6.07, 6.45) is -6.48. The number of nitrogens with zero attached hydrogens (tertiary/aromatic N) is 1. The van der Waals surface area contributed by atoms with Crippen LogP contribution in [-0.4, -0.2) is 24.5 Å². The number of halogens is 3. The van der Waals surface area contributed by atoms with Gasteiger partial charge in [0.25, 0.3) is 0 Å². The van der Waals surface area contributed by atoms with Crippen molar-refractivity contribution >= 4 is 11.8 Å². The summed E-state index contributed by atoms with van der Waals surface area (Å²) in [7, 11) is 0. The molecular formula is C7H6F3NO3. The fourth-order valence-corrected chi connectivity index (χ4v) is 0.493. The lowest BCUT2D eigenvalue weighted by Crippen LogP contribution is -2.26. The predicted octanol–water partition coefficient (Wildman–Crippen LogP) is 0.965. The molecule has 4 nitrogen and oxygen atoms in total. The van der Waals surface area contributed by atoms with E-state index in [1.807, 2.05) is 0 Å². The number of nitriles is 1. The van der Waals surface area contributed by atoms with E-state index in [-0.39, 0.29) is 13.0 Å². The van der Waals surface area contributed by atoms with Gasteiger partial charge in [-0.05, 0) is 0 Å². The van der Waals surface area contributed by atoms with Crippen molar-refractivity contribution in [2.45, 2.75) is 19.0 Å². The van der Waals surface area contributed by atoms with Gasteiger partial charge in [0.15, 0.2) is 0 Å². The van der Waals surface area contributed by atoms with Gasteiger partial charge in [0.2, 0.25) is 5.78 Å². The van der Waals surface area contributed by atoms with Crippen LogP contribution in [0, 0.1) is 11.3 Å². The standard InChI is InChI=1S/C7H6F3NO3/c8-7(9,10)5(12)4-6(13)14-3-1-2-11/h1,3-4H2. The molecule has 0 rings (SSSR count). The smallest absolute Gasteiger partial charge is 0.450 e. The Balaban J connectivity index is 3.85. The number of hydrogen-bond acceptors (Lipinski definition) is 4. The van der Waals surface area contributed by atoms with Crippen molar-refractivity contribution in [3.8, 4) is 6.07 Å². The van der Waals surface area contributed by atoms with E-state index in [0.29, 0.717) is 0 Å². The summed E-state index contributed by atoms with van der Waals surface area (Å²) in [5.41, 5.74) is 0. The van der Waals surface area contributed by atoms with Crippen LogP contribution in [0.1, 0.15) is 12.8 Å². The van der Waals surface area contributed by atoms with Gasteiger partial charge >= 0.3 is 12.1 Å². The highest BCUT2D eigenvalue weighted by atomic mass is 19.4. The molecule has 0 spiro atoms. The summed E-state index contributed by atoms with van der Waals surface area (Å²) in [5.74, 6) is -3.43. The highest BCUT2D eigenvalue weighted by molar-refractivity contribution is 5.98. The van der Waals surface area contributed by atoms with Crippen LogP contribution >= 0.6 is 0 Å². The quantitative estimate of drug-likeness (QED) is 0.393. The van der Waals surface area contributed by atoms with E-state index in [9.17, 15) is 22.8 Å². The zero-order valence-corrected chi connectivity index (χ0v) is 6.93. The second-order valence-corrected chi connectivity index (χ2v) is 2.23. The molecule has 0 radical (unpaired) electrons. The van der Waals surface area contributed by atoms with Crippen molar-refractivity contribution in [1.29, 1.82) is 5.26 Å². The van der Waals surface area contributed by atoms with Crippen LogP contribution in [0.5, 0.6) is 0 Å². The first kappa shape index (κ1) is 12.4. The van der Waals surface area contributed by atoms with E-state index in [1.165, 1.54) is 0 Å². The zero-order chi connectivity index (χ0) is 11.2. The maximum absolute atomic E-state index is 11.6. The van der Waals surface area contributed by atoms with Crippen molar-refractivity contribution < 1.29 is 27.5 Å². The Labute approximate surface area is 77.3 Å². The molecule has 0 aromatic carbocycles. The SMILES string of the molecule is N#CCCOC(=O)CC(=O)C(F)(F)F. The Morgan fingerprint density at radius 3 is 2.36 bits per heavy atom. The average molecular weight is 209 g/mol. The van der Waals surface area contributed by atoms with Gasteiger partial charge in [-0.15, -0.1) is 0 Å². The molecule has 0 aromatic rings. The van der Waals surface area contributed by atoms with Gasteiger partial charge in [0.05, 0.1) is 12.5 Å². The Bertz CT molecular complexity index is 266. The van der Waals surface area contributed by atoms with E-state index in [2.05, 4.69) is 4.74 Å². The first-order valence-electron chi connectivity index (χ1n) is 3.50. The van der Waals surface area contributed by atoms with Crippen LogP contribution in [0.4, 0.5) is 13.2 Å². The molecule has 0 atom stereocenters. The highest BCUT2D eigenvalue weighted by Gasteiger charge is 2.39. The van der Waals surface area contributed by atoms with Gasteiger partial charge in [-0.25, -0.2) is 0 Å².